The molecule has 0 fully saturated rings. The second-order valence-electron chi connectivity index (χ2n) is 3.53. The fourth-order valence-corrected chi connectivity index (χ4v) is 1.49. The van der Waals surface area contributed by atoms with Crippen molar-refractivity contribution in [1.82, 2.24) is 0 Å². The van der Waals surface area contributed by atoms with Gasteiger partial charge in [0.1, 0.15) is 17.1 Å². The molecule has 1 aromatic carbocycles. The topological polar surface area (TPSA) is 102 Å². The lowest BCUT2D eigenvalue weighted by Crippen LogP contribution is -2.15. The molecule has 0 aliphatic rings. The van der Waals surface area contributed by atoms with Crippen LogP contribution in [0.1, 0.15) is 22.0 Å². The molecule has 0 heterocycles. The first-order valence-corrected chi connectivity index (χ1v) is 5.21. The normalized spacial score (nSPS) is 11.6. The molecule has 1 rings (SSSR count). The predicted octanol–water partition coefficient (Wildman–Crippen LogP) is 0.394. The summed E-state index contributed by atoms with van der Waals surface area (Å²) in [5.41, 5.74) is -0.200. The molecule has 2 N–H and O–H groups in total. The maximum atomic E-state index is 11.4. The molecule has 1 unspecified atom stereocenters. The van der Waals surface area contributed by atoms with E-state index in [-0.39, 0.29) is 22.6 Å². The summed E-state index contributed by atoms with van der Waals surface area (Å²) in [6, 6.07) is 2.22. The van der Waals surface area contributed by atoms with E-state index in [0.717, 1.165) is 26.4 Å². The molecular weight excluding hydrogens is 256 g/mol. The summed E-state index contributed by atoms with van der Waals surface area (Å²) in [6.45, 7) is 0. The maximum absolute atomic E-state index is 11.4. The SMILES string of the molecule is COC(=O)c1cc(C(O)C(=O)OC)c(OC)cc1O. The van der Waals surface area contributed by atoms with Crippen LogP contribution in [0.15, 0.2) is 12.1 Å². The molecule has 0 spiro atoms. The van der Waals surface area contributed by atoms with Crippen molar-refractivity contribution < 1.29 is 34.0 Å². The molecular formula is C12H14O7. The molecule has 0 radical (unpaired) electrons. The van der Waals surface area contributed by atoms with E-state index in [4.69, 9.17) is 4.74 Å². The lowest BCUT2D eigenvalue weighted by molar-refractivity contribution is -0.150. The number of ether oxygens (including phenoxy) is 3. The highest BCUT2D eigenvalue weighted by atomic mass is 16.5. The molecule has 7 heteroatoms. The number of phenolic OH excluding ortho intramolecular Hbond substituents is 1. The van der Waals surface area contributed by atoms with Crippen molar-refractivity contribution in [2.75, 3.05) is 21.3 Å². The van der Waals surface area contributed by atoms with Crippen LogP contribution in [-0.2, 0) is 14.3 Å². The van der Waals surface area contributed by atoms with E-state index in [9.17, 15) is 19.8 Å². The molecule has 0 aliphatic heterocycles. The fraction of sp³-hybridized carbons (Fsp3) is 0.333. The molecule has 0 aromatic heterocycles. The van der Waals surface area contributed by atoms with E-state index in [2.05, 4.69) is 9.47 Å². The van der Waals surface area contributed by atoms with Crippen LogP contribution in [0.2, 0.25) is 0 Å². The maximum Gasteiger partial charge on any atom is 0.341 e. The third-order valence-corrected chi connectivity index (χ3v) is 2.47. The Balaban J connectivity index is 3.36. The summed E-state index contributed by atoms with van der Waals surface area (Å²) >= 11 is 0. The smallest absolute Gasteiger partial charge is 0.341 e. The molecule has 1 atom stereocenters. The first-order chi connectivity index (χ1) is 8.96. The van der Waals surface area contributed by atoms with E-state index in [1.165, 1.54) is 7.11 Å². The first-order valence-electron chi connectivity index (χ1n) is 5.21. The van der Waals surface area contributed by atoms with Crippen molar-refractivity contribution in [2.24, 2.45) is 0 Å². The predicted molar refractivity (Wildman–Crippen MR) is 63.0 cm³/mol. The second kappa shape index (κ2) is 6.05. The lowest BCUT2D eigenvalue weighted by atomic mass is 10.0. The van der Waals surface area contributed by atoms with Crippen LogP contribution in [0.5, 0.6) is 11.5 Å². The van der Waals surface area contributed by atoms with Gasteiger partial charge in [0.2, 0.25) is 0 Å². The summed E-state index contributed by atoms with van der Waals surface area (Å²) in [7, 11) is 3.54. The first kappa shape index (κ1) is 14.8. The quantitative estimate of drug-likeness (QED) is 0.763. The Morgan fingerprint density at radius 2 is 1.79 bits per heavy atom. The Labute approximate surface area is 109 Å². The van der Waals surface area contributed by atoms with Crippen LogP contribution in [0.4, 0.5) is 0 Å². The second-order valence-corrected chi connectivity index (χ2v) is 3.53. The van der Waals surface area contributed by atoms with Crippen LogP contribution < -0.4 is 4.74 Å². The van der Waals surface area contributed by atoms with E-state index in [0.29, 0.717) is 0 Å². The van der Waals surface area contributed by atoms with Crippen molar-refractivity contribution in [3.63, 3.8) is 0 Å². The van der Waals surface area contributed by atoms with Gasteiger partial charge in [0.25, 0.3) is 0 Å². The Bertz CT molecular complexity index is 495. The summed E-state index contributed by atoms with van der Waals surface area (Å²) < 4.78 is 13.8. The molecule has 1 aromatic rings. The fourth-order valence-electron chi connectivity index (χ4n) is 1.49. The van der Waals surface area contributed by atoms with Crippen LogP contribution in [-0.4, -0.2) is 43.5 Å². The van der Waals surface area contributed by atoms with Crippen molar-refractivity contribution in [2.45, 2.75) is 6.10 Å². The summed E-state index contributed by atoms with van der Waals surface area (Å²) in [5.74, 6) is -2.06. The van der Waals surface area contributed by atoms with E-state index in [1.54, 1.807) is 0 Å². The molecule has 0 bridgehead atoms. The minimum absolute atomic E-state index is 0.00690. The monoisotopic (exact) mass is 270 g/mol. The van der Waals surface area contributed by atoms with Crippen LogP contribution >= 0.6 is 0 Å². The van der Waals surface area contributed by atoms with Crippen LogP contribution in [0, 0.1) is 0 Å². The van der Waals surface area contributed by atoms with Crippen molar-refractivity contribution in [3.05, 3.63) is 23.3 Å². The van der Waals surface area contributed by atoms with E-state index < -0.39 is 18.0 Å². The Morgan fingerprint density at radius 3 is 2.26 bits per heavy atom. The summed E-state index contributed by atoms with van der Waals surface area (Å²) in [5, 5.41) is 19.4. The number of esters is 2. The van der Waals surface area contributed by atoms with Crippen LogP contribution in [0.3, 0.4) is 0 Å². The van der Waals surface area contributed by atoms with Gasteiger partial charge in [-0.1, -0.05) is 0 Å². The standard InChI is InChI=1S/C12H14O7/c1-17-9-5-8(13)6(11(15)18-2)4-7(9)10(14)12(16)19-3/h4-5,10,13-14H,1-3H3. The highest BCUT2D eigenvalue weighted by Gasteiger charge is 2.25. The highest BCUT2D eigenvalue weighted by molar-refractivity contribution is 5.93. The number of hydrogen-bond acceptors (Lipinski definition) is 7. The lowest BCUT2D eigenvalue weighted by Gasteiger charge is -2.15. The molecule has 19 heavy (non-hydrogen) atoms. The van der Waals surface area contributed by atoms with Gasteiger partial charge in [-0.25, -0.2) is 9.59 Å². The van der Waals surface area contributed by atoms with E-state index in [1.807, 2.05) is 0 Å². The number of rotatable bonds is 4. The zero-order chi connectivity index (χ0) is 14.6. The Hall–Kier alpha value is -2.28. The molecule has 0 saturated carbocycles. The molecule has 0 saturated heterocycles. The Morgan fingerprint density at radius 1 is 1.16 bits per heavy atom. The molecule has 104 valence electrons. The zero-order valence-corrected chi connectivity index (χ0v) is 10.7. The number of aromatic hydroxyl groups is 1. The van der Waals surface area contributed by atoms with Gasteiger partial charge < -0.3 is 24.4 Å². The number of aliphatic hydroxyl groups is 1. The number of phenols is 1. The van der Waals surface area contributed by atoms with E-state index >= 15 is 0 Å². The van der Waals surface area contributed by atoms with Crippen LogP contribution in [0.25, 0.3) is 0 Å². The van der Waals surface area contributed by atoms with Gasteiger partial charge in [-0.15, -0.1) is 0 Å². The van der Waals surface area contributed by atoms with Gasteiger partial charge in [-0.3, -0.25) is 0 Å². The van der Waals surface area contributed by atoms with Gasteiger partial charge in [-0.05, 0) is 6.07 Å². The number of carbonyl (C=O) groups is 2. The summed E-state index contributed by atoms with van der Waals surface area (Å²) in [6.07, 6.45) is -1.64. The average Bonchev–Trinajstić information content (AvgIpc) is 2.44. The van der Waals surface area contributed by atoms with Crippen molar-refractivity contribution >= 4 is 11.9 Å². The van der Waals surface area contributed by atoms with Gasteiger partial charge in [0.05, 0.1) is 21.3 Å². The highest BCUT2D eigenvalue weighted by Crippen LogP contribution is 2.33. The largest absolute Gasteiger partial charge is 0.507 e. The van der Waals surface area contributed by atoms with Gasteiger partial charge in [0.15, 0.2) is 6.10 Å². The molecule has 7 nitrogen and oxygen atoms in total. The number of hydrogen-bond donors (Lipinski definition) is 2. The van der Waals surface area contributed by atoms with Crippen molar-refractivity contribution in [1.29, 1.82) is 0 Å². The summed E-state index contributed by atoms with van der Waals surface area (Å²) in [4.78, 5) is 22.7. The Kier molecular flexibility index (Phi) is 4.71. The number of methoxy groups -OCH3 is 3. The average molecular weight is 270 g/mol. The number of aliphatic hydroxyl groups excluding tert-OH is 1. The van der Waals surface area contributed by atoms with Crippen molar-refractivity contribution in [3.8, 4) is 11.5 Å². The molecule has 0 amide bonds. The third kappa shape index (κ3) is 2.94. The molecule has 0 aliphatic carbocycles. The zero-order valence-electron chi connectivity index (χ0n) is 10.7. The van der Waals surface area contributed by atoms with Gasteiger partial charge >= 0.3 is 11.9 Å². The van der Waals surface area contributed by atoms with Gasteiger partial charge in [-0.2, -0.15) is 0 Å². The van der Waals surface area contributed by atoms with Gasteiger partial charge in [0, 0.05) is 11.6 Å². The minimum Gasteiger partial charge on any atom is -0.507 e. The number of carbonyl (C=O) groups excluding carboxylic acids is 2. The number of benzene rings is 1. The minimum atomic E-state index is -1.64. The third-order valence-electron chi connectivity index (χ3n) is 2.47.